The summed E-state index contributed by atoms with van der Waals surface area (Å²) in [5.41, 5.74) is 0.730. The molecule has 1 N–H and O–H groups in total. The molecule has 0 saturated carbocycles. The maximum absolute atomic E-state index is 12.0. The molecule has 130 valence electrons. The minimum Gasteiger partial charge on any atom is -0.355 e. The summed E-state index contributed by atoms with van der Waals surface area (Å²) < 4.78 is 1.78. The Hall–Kier alpha value is -2.18. The summed E-state index contributed by atoms with van der Waals surface area (Å²) in [6.07, 6.45) is 5.60. The molecule has 1 atom stereocenters. The van der Waals surface area contributed by atoms with Crippen molar-refractivity contribution in [3.8, 4) is 0 Å². The van der Waals surface area contributed by atoms with Gasteiger partial charge in [-0.1, -0.05) is 6.92 Å². The minimum absolute atomic E-state index is 0.0493. The molecule has 0 aromatic carbocycles. The van der Waals surface area contributed by atoms with E-state index in [4.69, 9.17) is 5.10 Å². The highest BCUT2D eigenvalue weighted by atomic mass is 16.1. The summed E-state index contributed by atoms with van der Waals surface area (Å²) in [5.74, 6) is 1.75. The maximum atomic E-state index is 12.0. The second kappa shape index (κ2) is 7.59. The molecule has 0 unspecified atom stereocenters. The van der Waals surface area contributed by atoms with E-state index in [0.29, 0.717) is 12.8 Å². The number of fused-ring (bicyclic) bond motifs is 1. The third-order valence-electron chi connectivity index (χ3n) is 4.59. The van der Waals surface area contributed by atoms with Gasteiger partial charge in [0.1, 0.15) is 5.82 Å². The number of aryl methyl sites for hydroxylation is 1. The lowest BCUT2D eigenvalue weighted by atomic mass is 10.1. The number of hydrogen-bond donors (Lipinski definition) is 1. The summed E-state index contributed by atoms with van der Waals surface area (Å²) in [4.78, 5) is 14.3. The van der Waals surface area contributed by atoms with Crippen LogP contribution in [0.15, 0.2) is 12.1 Å². The van der Waals surface area contributed by atoms with E-state index in [9.17, 15) is 4.79 Å². The molecule has 1 aliphatic heterocycles. The Morgan fingerprint density at radius 2 is 2.04 bits per heavy atom. The monoisotopic (exact) mass is 330 g/mol. The lowest BCUT2D eigenvalue weighted by Crippen LogP contribution is -2.32. The summed E-state index contributed by atoms with van der Waals surface area (Å²) >= 11 is 0. The van der Waals surface area contributed by atoms with Crippen LogP contribution in [0.3, 0.4) is 0 Å². The Bertz CT molecular complexity index is 691. The molecule has 1 fully saturated rings. The van der Waals surface area contributed by atoms with Crippen LogP contribution in [0.25, 0.3) is 5.65 Å². The Kier molecular flexibility index (Phi) is 5.27. The van der Waals surface area contributed by atoms with Gasteiger partial charge in [-0.05, 0) is 44.7 Å². The van der Waals surface area contributed by atoms with Crippen LogP contribution < -0.4 is 10.2 Å². The molecule has 2 aromatic heterocycles. The van der Waals surface area contributed by atoms with Gasteiger partial charge in [0.05, 0.1) is 0 Å². The molecule has 0 bridgehead atoms. The highest BCUT2D eigenvalue weighted by Crippen LogP contribution is 2.18. The molecule has 24 heavy (non-hydrogen) atoms. The van der Waals surface area contributed by atoms with E-state index < -0.39 is 0 Å². The van der Waals surface area contributed by atoms with E-state index in [1.807, 2.05) is 19.1 Å². The molecule has 3 rings (SSSR count). The van der Waals surface area contributed by atoms with Gasteiger partial charge in [0.25, 0.3) is 0 Å². The molecule has 1 aliphatic rings. The quantitative estimate of drug-likeness (QED) is 0.876. The first-order valence-electron chi connectivity index (χ1n) is 8.93. The van der Waals surface area contributed by atoms with Crippen LogP contribution in [0.1, 0.15) is 51.8 Å². The van der Waals surface area contributed by atoms with E-state index in [1.165, 1.54) is 19.3 Å². The van der Waals surface area contributed by atoms with Crippen molar-refractivity contribution in [2.75, 3.05) is 18.0 Å². The fourth-order valence-corrected chi connectivity index (χ4v) is 2.95. The molecule has 2 aromatic rings. The first kappa shape index (κ1) is 16.7. The third kappa shape index (κ3) is 3.83. The van der Waals surface area contributed by atoms with Gasteiger partial charge >= 0.3 is 0 Å². The molecule has 3 heterocycles. The van der Waals surface area contributed by atoms with E-state index in [0.717, 1.165) is 36.8 Å². The van der Waals surface area contributed by atoms with Crippen molar-refractivity contribution in [1.82, 2.24) is 25.1 Å². The number of piperidine rings is 1. The van der Waals surface area contributed by atoms with E-state index >= 15 is 0 Å². The molecule has 1 amide bonds. The van der Waals surface area contributed by atoms with E-state index in [-0.39, 0.29) is 11.9 Å². The highest BCUT2D eigenvalue weighted by Gasteiger charge is 2.15. The van der Waals surface area contributed by atoms with Gasteiger partial charge in [0.15, 0.2) is 11.5 Å². The van der Waals surface area contributed by atoms with Crippen LogP contribution in [0.2, 0.25) is 0 Å². The average molecular weight is 330 g/mol. The number of nitrogens with one attached hydrogen (secondary N) is 1. The van der Waals surface area contributed by atoms with Crippen LogP contribution in [-0.2, 0) is 11.2 Å². The van der Waals surface area contributed by atoms with Crippen molar-refractivity contribution in [2.24, 2.45) is 0 Å². The topological polar surface area (TPSA) is 75.4 Å². The predicted octanol–water partition coefficient (Wildman–Crippen LogP) is 1.96. The largest absolute Gasteiger partial charge is 0.355 e. The smallest absolute Gasteiger partial charge is 0.220 e. The first-order valence-corrected chi connectivity index (χ1v) is 8.93. The minimum atomic E-state index is 0.0493. The van der Waals surface area contributed by atoms with Gasteiger partial charge in [0, 0.05) is 32.0 Å². The zero-order valence-corrected chi connectivity index (χ0v) is 14.5. The van der Waals surface area contributed by atoms with Crippen LogP contribution in [-0.4, -0.2) is 44.8 Å². The number of hydrogen-bond acceptors (Lipinski definition) is 5. The number of carbonyl (C=O) groups excluding carboxylic acids is 1. The average Bonchev–Trinajstić information content (AvgIpc) is 3.03. The SMILES string of the molecule is CC[C@@H](C)NC(=O)CCc1nnc2ccc(N3CCCCC3)nn12. The molecule has 0 aliphatic carbocycles. The Morgan fingerprint density at radius 3 is 2.79 bits per heavy atom. The van der Waals surface area contributed by atoms with Gasteiger partial charge < -0.3 is 10.2 Å². The van der Waals surface area contributed by atoms with Gasteiger partial charge in [-0.2, -0.15) is 4.52 Å². The number of amides is 1. The number of aromatic nitrogens is 4. The number of rotatable bonds is 6. The summed E-state index contributed by atoms with van der Waals surface area (Å²) in [7, 11) is 0. The fraction of sp³-hybridized carbons (Fsp3) is 0.647. The number of carbonyl (C=O) groups is 1. The normalized spacial score (nSPS) is 16.3. The summed E-state index contributed by atoms with van der Waals surface area (Å²) in [6, 6.07) is 4.16. The van der Waals surface area contributed by atoms with Crippen molar-refractivity contribution < 1.29 is 4.79 Å². The van der Waals surface area contributed by atoms with E-state index in [2.05, 4.69) is 27.3 Å². The molecular weight excluding hydrogens is 304 g/mol. The Labute approximate surface area is 142 Å². The third-order valence-corrected chi connectivity index (χ3v) is 4.59. The number of nitrogens with zero attached hydrogens (tertiary/aromatic N) is 5. The second-order valence-corrected chi connectivity index (χ2v) is 6.50. The second-order valence-electron chi connectivity index (χ2n) is 6.50. The standard InChI is InChI=1S/C17H26N6O/c1-3-13(2)18-17(24)10-9-15-20-19-14-7-8-16(21-23(14)15)22-11-5-4-6-12-22/h7-8,13H,3-6,9-12H2,1-2H3,(H,18,24)/t13-/m1/s1. The van der Waals surface area contributed by atoms with Gasteiger partial charge in [-0.15, -0.1) is 15.3 Å². The zero-order chi connectivity index (χ0) is 16.9. The lowest BCUT2D eigenvalue weighted by Gasteiger charge is -2.27. The molecule has 1 saturated heterocycles. The summed E-state index contributed by atoms with van der Waals surface area (Å²) in [6.45, 7) is 6.17. The Morgan fingerprint density at radius 1 is 1.25 bits per heavy atom. The van der Waals surface area contributed by atoms with Crippen molar-refractivity contribution in [2.45, 2.75) is 58.4 Å². The lowest BCUT2D eigenvalue weighted by molar-refractivity contribution is -0.121. The maximum Gasteiger partial charge on any atom is 0.220 e. The van der Waals surface area contributed by atoms with E-state index in [1.54, 1.807) is 4.52 Å². The fourth-order valence-electron chi connectivity index (χ4n) is 2.95. The van der Waals surface area contributed by atoms with Gasteiger partial charge in [-0.25, -0.2) is 0 Å². The molecular formula is C17H26N6O. The zero-order valence-electron chi connectivity index (χ0n) is 14.5. The van der Waals surface area contributed by atoms with Crippen molar-refractivity contribution in [1.29, 1.82) is 0 Å². The molecule has 7 nitrogen and oxygen atoms in total. The van der Waals surface area contributed by atoms with Crippen LogP contribution in [0.4, 0.5) is 5.82 Å². The summed E-state index contributed by atoms with van der Waals surface area (Å²) in [5, 5.41) is 16.0. The number of anilines is 1. The predicted molar refractivity (Wildman–Crippen MR) is 93.1 cm³/mol. The Balaban J connectivity index is 1.70. The molecule has 0 radical (unpaired) electrons. The van der Waals surface area contributed by atoms with Crippen molar-refractivity contribution in [3.05, 3.63) is 18.0 Å². The van der Waals surface area contributed by atoms with Gasteiger partial charge in [0.2, 0.25) is 5.91 Å². The van der Waals surface area contributed by atoms with Gasteiger partial charge in [-0.3, -0.25) is 4.79 Å². The van der Waals surface area contributed by atoms with Crippen molar-refractivity contribution in [3.63, 3.8) is 0 Å². The highest BCUT2D eigenvalue weighted by molar-refractivity contribution is 5.76. The van der Waals surface area contributed by atoms with Crippen LogP contribution >= 0.6 is 0 Å². The van der Waals surface area contributed by atoms with Crippen LogP contribution in [0.5, 0.6) is 0 Å². The first-order chi connectivity index (χ1) is 11.7. The molecule has 7 heteroatoms. The van der Waals surface area contributed by atoms with Crippen molar-refractivity contribution >= 4 is 17.4 Å². The van der Waals surface area contributed by atoms with Crippen LogP contribution in [0, 0.1) is 0 Å². The molecule has 0 spiro atoms.